The number of rotatable bonds is 7. The highest BCUT2D eigenvalue weighted by atomic mass is 16.2. The molecule has 0 saturated carbocycles. The SMILES string of the molecule is CCc1ccnc(N2CCN(c3ccc(NC(=O)C(=O)c4c(-c5ccccc5)cc(C)n4C)cc3)CC2)c1. The zero-order chi connectivity index (χ0) is 26.6. The van der Waals surface area contributed by atoms with Crippen LogP contribution in [-0.4, -0.2) is 47.4 Å². The maximum Gasteiger partial charge on any atom is 0.298 e. The number of nitrogens with one attached hydrogen (secondary N) is 1. The number of amides is 1. The molecule has 2 aromatic carbocycles. The molecule has 194 valence electrons. The number of aryl methyl sites for hydroxylation is 2. The Morgan fingerprint density at radius 2 is 1.58 bits per heavy atom. The van der Waals surface area contributed by atoms with Gasteiger partial charge in [-0.25, -0.2) is 4.98 Å². The van der Waals surface area contributed by atoms with Gasteiger partial charge in [-0.05, 0) is 66.9 Å². The number of pyridine rings is 1. The van der Waals surface area contributed by atoms with Gasteiger partial charge in [0, 0.05) is 62.1 Å². The van der Waals surface area contributed by atoms with Gasteiger partial charge in [-0.2, -0.15) is 0 Å². The molecule has 1 aliphatic rings. The van der Waals surface area contributed by atoms with Crippen LogP contribution in [-0.2, 0) is 18.3 Å². The topological polar surface area (TPSA) is 70.5 Å². The summed E-state index contributed by atoms with van der Waals surface area (Å²) in [5.74, 6) is -0.164. The van der Waals surface area contributed by atoms with Crippen LogP contribution in [0.1, 0.15) is 28.7 Å². The average molecular weight is 508 g/mol. The van der Waals surface area contributed by atoms with Crippen LogP contribution in [0, 0.1) is 6.92 Å². The summed E-state index contributed by atoms with van der Waals surface area (Å²) in [5.41, 5.74) is 5.96. The molecular formula is C31H33N5O2. The smallest absolute Gasteiger partial charge is 0.298 e. The molecule has 0 aliphatic carbocycles. The fourth-order valence-electron chi connectivity index (χ4n) is 4.94. The van der Waals surface area contributed by atoms with Gasteiger partial charge in [0.25, 0.3) is 11.7 Å². The Balaban J connectivity index is 1.23. The lowest BCUT2D eigenvalue weighted by molar-refractivity contribution is -0.112. The van der Waals surface area contributed by atoms with E-state index in [1.54, 1.807) is 4.57 Å². The number of hydrogen-bond donors (Lipinski definition) is 1. The molecule has 1 saturated heterocycles. The van der Waals surface area contributed by atoms with Crippen LogP contribution in [0.3, 0.4) is 0 Å². The fourth-order valence-corrected chi connectivity index (χ4v) is 4.94. The second kappa shape index (κ2) is 10.9. The molecule has 3 heterocycles. The molecule has 2 aromatic heterocycles. The van der Waals surface area contributed by atoms with E-state index in [1.807, 2.05) is 80.8 Å². The lowest BCUT2D eigenvalue weighted by Gasteiger charge is -2.37. The number of Topliss-reactive ketones (excluding diaryl/α,β-unsaturated/α-hetero) is 1. The Kier molecular flexibility index (Phi) is 7.26. The minimum Gasteiger partial charge on any atom is -0.368 e. The third-order valence-corrected chi connectivity index (χ3v) is 7.29. The summed E-state index contributed by atoms with van der Waals surface area (Å²) in [6.45, 7) is 7.65. The zero-order valence-corrected chi connectivity index (χ0v) is 22.1. The van der Waals surface area contributed by atoms with E-state index < -0.39 is 11.7 Å². The van der Waals surface area contributed by atoms with Crippen molar-refractivity contribution in [3.05, 3.63) is 95.9 Å². The van der Waals surface area contributed by atoms with E-state index in [9.17, 15) is 9.59 Å². The summed E-state index contributed by atoms with van der Waals surface area (Å²) < 4.78 is 1.78. The number of carbonyl (C=O) groups excluding carboxylic acids is 2. The van der Waals surface area contributed by atoms with E-state index in [-0.39, 0.29) is 0 Å². The van der Waals surface area contributed by atoms with Gasteiger partial charge in [0.05, 0.1) is 0 Å². The molecular weight excluding hydrogens is 474 g/mol. The van der Waals surface area contributed by atoms with Gasteiger partial charge in [0.15, 0.2) is 0 Å². The molecule has 0 unspecified atom stereocenters. The van der Waals surface area contributed by atoms with Crippen LogP contribution in [0.25, 0.3) is 11.1 Å². The third kappa shape index (κ3) is 5.18. The van der Waals surface area contributed by atoms with Crippen LogP contribution in [0.15, 0.2) is 79.0 Å². The van der Waals surface area contributed by atoms with Crippen molar-refractivity contribution >= 4 is 28.9 Å². The number of hydrogen-bond acceptors (Lipinski definition) is 5. The summed E-state index contributed by atoms with van der Waals surface area (Å²) in [6.07, 6.45) is 2.89. The number of nitrogens with zero attached hydrogens (tertiary/aromatic N) is 4. The molecule has 7 heteroatoms. The lowest BCUT2D eigenvalue weighted by atomic mass is 10.0. The highest BCUT2D eigenvalue weighted by Crippen LogP contribution is 2.28. The number of piperazine rings is 1. The number of aromatic nitrogens is 2. The molecule has 1 fully saturated rings. The highest BCUT2D eigenvalue weighted by Gasteiger charge is 2.25. The lowest BCUT2D eigenvalue weighted by Crippen LogP contribution is -2.46. The van der Waals surface area contributed by atoms with Gasteiger partial charge in [-0.3, -0.25) is 9.59 Å². The second-order valence-electron chi connectivity index (χ2n) is 9.65. The standard InChI is InChI=1S/C31H33N5O2/c1-4-23-14-15-32-28(21-23)36-18-16-35(17-19-36)26-12-10-25(11-13-26)33-31(38)30(37)29-27(20-22(2)34(29)3)24-8-6-5-7-9-24/h5-15,20-21H,4,16-19H2,1-3H3,(H,33,38). The number of ketones is 1. The molecule has 38 heavy (non-hydrogen) atoms. The average Bonchev–Trinajstić information content (AvgIpc) is 3.27. The van der Waals surface area contributed by atoms with E-state index in [4.69, 9.17) is 0 Å². The normalized spacial score (nSPS) is 13.4. The van der Waals surface area contributed by atoms with Crippen molar-refractivity contribution in [3.8, 4) is 11.1 Å². The summed E-state index contributed by atoms with van der Waals surface area (Å²) in [5, 5.41) is 2.79. The minimum absolute atomic E-state index is 0.389. The molecule has 5 rings (SSSR count). The van der Waals surface area contributed by atoms with E-state index in [0.717, 1.165) is 60.9 Å². The molecule has 0 bridgehead atoms. The summed E-state index contributed by atoms with van der Waals surface area (Å²) in [7, 11) is 1.81. The Hall–Kier alpha value is -4.39. The fraction of sp³-hybridized carbons (Fsp3) is 0.258. The molecule has 4 aromatic rings. The van der Waals surface area contributed by atoms with Crippen LogP contribution in [0.5, 0.6) is 0 Å². The van der Waals surface area contributed by atoms with Crippen LogP contribution in [0.2, 0.25) is 0 Å². The Morgan fingerprint density at radius 1 is 0.895 bits per heavy atom. The van der Waals surface area contributed by atoms with Gasteiger partial charge in [-0.15, -0.1) is 0 Å². The van der Waals surface area contributed by atoms with E-state index in [2.05, 4.69) is 39.2 Å². The van der Waals surface area contributed by atoms with Gasteiger partial charge < -0.3 is 19.7 Å². The quantitative estimate of drug-likeness (QED) is 0.278. The molecule has 0 spiro atoms. The highest BCUT2D eigenvalue weighted by molar-refractivity contribution is 6.47. The number of anilines is 3. The van der Waals surface area contributed by atoms with Crippen molar-refractivity contribution in [2.45, 2.75) is 20.3 Å². The number of carbonyl (C=O) groups is 2. The molecule has 0 atom stereocenters. The van der Waals surface area contributed by atoms with Gasteiger partial charge in [0.2, 0.25) is 0 Å². The van der Waals surface area contributed by atoms with Crippen molar-refractivity contribution in [2.75, 3.05) is 41.3 Å². The van der Waals surface area contributed by atoms with Gasteiger partial charge in [-0.1, -0.05) is 37.3 Å². The molecule has 1 amide bonds. The monoisotopic (exact) mass is 507 g/mol. The van der Waals surface area contributed by atoms with Crippen LogP contribution in [0.4, 0.5) is 17.2 Å². The first-order valence-corrected chi connectivity index (χ1v) is 13.1. The molecule has 1 aliphatic heterocycles. The maximum absolute atomic E-state index is 13.2. The molecule has 0 radical (unpaired) electrons. The first-order chi connectivity index (χ1) is 18.4. The van der Waals surface area contributed by atoms with Crippen molar-refractivity contribution in [1.29, 1.82) is 0 Å². The van der Waals surface area contributed by atoms with Crippen molar-refractivity contribution in [1.82, 2.24) is 9.55 Å². The predicted molar refractivity (Wildman–Crippen MR) is 153 cm³/mol. The number of benzene rings is 2. The Bertz CT molecular complexity index is 1440. The maximum atomic E-state index is 13.2. The zero-order valence-electron chi connectivity index (χ0n) is 22.1. The van der Waals surface area contributed by atoms with Crippen molar-refractivity contribution in [2.24, 2.45) is 7.05 Å². The van der Waals surface area contributed by atoms with Crippen LogP contribution < -0.4 is 15.1 Å². The Labute approximate surface area is 223 Å². The molecule has 7 nitrogen and oxygen atoms in total. The third-order valence-electron chi connectivity index (χ3n) is 7.29. The van der Waals surface area contributed by atoms with E-state index >= 15 is 0 Å². The minimum atomic E-state index is -0.647. The molecule has 1 N–H and O–H groups in total. The van der Waals surface area contributed by atoms with E-state index in [1.165, 1.54) is 5.56 Å². The summed E-state index contributed by atoms with van der Waals surface area (Å²) in [4.78, 5) is 35.4. The first kappa shape index (κ1) is 25.3. The van der Waals surface area contributed by atoms with Crippen LogP contribution >= 0.6 is 0 Å². The van der Waals surface area contributed by atoms with E-state index in [0.29, 0.717) is 11.4 Å². The van der Waals surface area contributed by atoms with Gasteiger partial charge >= 0.3 is 0 Å². The predicted octanol–water partition coefficient (Wildman–Crippen LogP) is 5.11. The summed E-state index contributed by atoms with van der Waals surface area (Å²) >= 11 is 0. The first-order valence-electron chi connectivity index (χ1n) is 13.1. The largest absolute Gasteiger partial charge is 0.368 e. The summed E-state index contributed by atoms with van der Waals surface area (Å²) in [6, 6.07) is 23.6. The Morgan fingerprint density at radius 3 is 2.26 bits per heavy atom. The second-order valence-corrected chi connectivity index (χ2v) is 9.65. The van der Waals surface area contributed by atoms with Crippen molar-refractivity contribution in [3.63, 3.8) is 0 Å². The van der Waals surface area contributed by atoms with Gasteiger partial charge in [0.1, 0.15) is 11.5 Å². The van der Waals surface area contributed by atoms with Crippen molar-refractivity contribution < 1.29 is 9.59 Å².